The van der Waals surface area contributed by atoms with Crippen molar-refractivity contribution in [3.05, 3.63) is 66.1 Å². The summed E-state index contributed by atoms with van der Waals surface area (Å²) in [4.78, 5) is 14.5. The van der Waals surface area contributed by atoms with Gasteiger partial charge in [0.1, 0.15) is 11.8 Å². The van der Waals surface area contributed by atoms with E-state index in [-0.39, 0.29) is 5.56 Å². The smallest absolute Gasteiger partial charge is 0.418 e. The number of alkyl halides is 3. The van der Waals surface area contributed by atoms with Crippen LogP contribution in [0.25, 0.3) is 11.5 Å². The summed E-state index contributed by atoms with van der Waals surface area (Å²) in [5, 5.41) is 8.14. The third-order valence-electron chi connectivity index (χ3n) is 4.57. The summed E-state index contributed by atoms with van der Waals surface area (Å²) in [6.07, 6.45) is -3.48. The van der Waals surface area contributed by atoms with E-state index >= 15 is 0 Å². The molecule has 1 unspecified atom stereocenters. The predicted molar refractivity (Wildman–Crippen MR) is 95.9 cm³/mol. The number of likely N-dealkylation sites (tertiary alicyclic amines) is 1. The van der Waals surface area contributed by atoms with Gasteiger partial charge in [-0.25, -0.2) is 0 Å². The topological polar surface area (TPSA) is 68.5 Å². The van der Waals surface area contributed by atoms with E-state index in [1.165, 1.54) is 17.0 Å². The fourth-order valence-electron chi connectivity index (χ4n) is 3.33. The van der Waals surface area contributed by atoms with Crippen LogP contribution < -0.4 is 4.74 Å². The summed E-state index contributed by atoms with van der Waals surface area (Å²) in [6.45, 7) is 0.441. The lowest BCUT2D eigenvalue weighted by Crippen LogP contribution is -2.30. The molecule has 0 spiro atoms. The summed E-state index contributed by atoms with van der Waals surface area (Å²) in [7, 11) is 0. The van der Waals surface area contributed by atoms with Crippen LogP contribution in [0.2, 0.25) is 0 Å². The lowest BCUT2D eigenvalue weighted by atomic mass is 10.1. The van der Waals surface area contributed by atoms with Gasteiger partial charge >= 0.3 is 6.36 Å². The van der Waals surface area contributed by atoms with E-state index in [4.69, 9.17) is 4.42 Å². The van der Waals surface area contributed by atoms with Gasteiger partial charge in [0.2, 0.25) is 11.8 Å². The number of carbonyl (C=O) groups is 1. The van der Waals surface area contributed by atoms with E-state index in [0.29, 0.717) is 24.7 Å². The summed E-state index contributed by atoms with van der Waals surface area (Å²) >= 11 is 0. The van der Waals surface area contributed by atoms with Crippen molar-refractivity contribution in [1.29, 1.82) is 0 Å². The maximum atomic E-state index is 12.9. The first kappa shape index (κ1) is 19.0. The zero-order chi connectivity index (χ0) is 20.4. The number of carbonyl (C=O) groups excluding carboxylic acids is 1. The van der Waals surface area contributed by atoms with Gasteiger partial charge in [-0.1, -0.05) is 24.3 Å². The molecule has 1 fully saturated rings. The van der Waals surface area contributed by atoms with Gasteiger partial charge in [-0.05, 0) is 43.2 Å². The van der Waals surface area contributed by atoms with Gasteiger partial charge in [0, 0.05) is 17.7 Å². The van der Waals surface area contributed by atoms with Crippen molar-refractivity contribution in [2.45, 2.75) is 25.2 Å². The van der Waals surface area contributed by atoms with Gasteiger partial charge in [0.15, 0.2) is 0 Å². The third kappa shape index (κ3) is 4.23. The number of rotatable bonds is 4. The minimum atomic E-state index is -4.82. The van der Waals surface area contributed by atoms with Gasteiger partial charge in [-0.3, -0.25) is 4.79 Å². The van der Waals surface area contributed by atoms with Crippen molar-refractivity contribution in [3.63, 3.8) is 0 Å². The highest BCUT2D eigenvalue weighted by Gasteiger charge is 2.35. The van der Waals surface area contributed by atoms with Crippen molar-refractivity contribution in [2.75, 3.05) is 6.54 Å². The zero-order valence-corrected chi connectivity index (χ0v) is 15.1. The van der Waals surface area contributed by atoms with Crippen LogP contribution >= 0.6 is 0 Å². The van der Waals surface area contributed by atoms with Crippen LogP contribution in [-0.2, 0) is 0 Å². The molecule has 0 aliphatic carbocycles. The molecule has 1 atom stereocenters. The Bertz CT molecular complexity index is 1000. The Kier molecular flexibility index (Phi) is 4.96. The molecule has 150 valence electrons. The monoisotopic (exact) mass is 403 g/mol. The summed E-state index contributed by atoms with van der Waals surface area (Å²) in [5.74, 6) is -0.208. The van der Waals surface area contributed by atoms with Gasteiger partial charge < -0.3 is 14.1 Å². The molecular formula is C20H16F3N3O3. The quantitative estimate of drug-likeness (QED) is 0.636. The van der Waals surface area contributed by atoms with Gasteiger partial charge in [-0.2, -0.15) is 0 Å². The Labute approximate surface area is 163 Å². The summed E-state index contributed by atoms with van der Waals surface area (Å²) in [6, 6.07) is 13.8. The van der Waals surface area contributed by atoms with E-state index in [2.05, 4.69) is 14.9 Å². The highest BCUT2D eigenvalue weighted by atomic mass is 19.4. The Balaban J connectivity index is 1.55. The van der Waals surface area contributed by atoms with E-state index in [1.807, 2.05) is 30.3 Å². The lowest BCUT2D eigenvalue weighted by Gasteiger charge is -2.22. The molecule has 29 heavy (non-hydrogen) atoms. The molecule has 1 aliphatic heterocycles. The lowest BCUT2D eigenvalue weighted by molar-refractivity contribution is -0.274. The number of amides is 1. The highest BCUT2D eigenvalue weighted by Crippen LogP contribution is 2.34. The van der Waals surface area contributed by atoms with Crippen LogP contribution in [0, 0.1) is 0 Å². The molecule has 0 bridgehead atoms. The van der Waals surface area contributed by atoms with Crippen molar-refractivity contribution < 1.29 is 27.1 Å². The van der Waals surface area contributed by atoms with E-state index in [9.17, 15) is 18.0 Å². The van der Waals surface area contributed by atoms with Crippen molar-refractivity contribution in [1.82, 2.24) is 15.1 Å². The Morgan fingerprint density at radius 2 is 1.90 bits per heavy atom. The molecule has 3 aromatic rings. The molecule has 0 saturated carbocycles. The van der Waals surface area contributed by atoms with Gasteiger partial charge in [-0.15, -0.1) is 23.4 Å². The number of nitrogens with zero attached hydrogens (tertiary/aromatic N) is 3. The zero-order valence-electron chi connectivity index (χ0n) is 15.1. The first-order chi connectivity index (χ1) is 13.9. The number of hydrogen-bond donors (Lipinski definition) is 0. The average Bonchev–Trinajstić information content (AvgIpc) is 3.36. The van der Waals surface area contributed by atoms with Crippen LogP contribution in [0.15, 0.2) is 59.0 Å². The minimum Gasteiger partial charge on any atom is -0.418 e. The molecule has 2 aromatic carbocycles. The molecule has 6 nitrogen and oxygen atoms in total. The van der Waals surface area contributed by atoms with Crippen molar-refractivity contribution in [2.24, 2.45) is 0 Å². The molecule has 1 amide bonds. The number of halogens is 3. The van der Waals surface area contributed by atoms with Gasteiger partial charge in [0.05, 0.1) is 0 Å². The van der Waals surface area contributed by atoms with Crippen LogP contribution in [0.3, 0.4) is 0 Å². The van der Waals surface area contributed by atoms with Gasteiger partial charge in [0.25, 0.3) is 5.91 Å². The third-order valence-corrected chi connectivity index (χ3v) is 4.57. The second-order valence-electron chi connectivity index (χ2n) is 6.54. The molecule has 0 radical (unpaired) electrons. The Hall–Kier alpha value is -3.36. The maximum Gasteiger partial charge on any atom is 0.573 e. The first-order valence-electron chi connectivity index (χ1n) is 8.96. The number of hydrogen-bond acceptors (Lipinski definition) is 5. The molecule has 9 heteroatoms. The molecule has 4 rings (SSSR count). The molecule has 1 aromatic heterocycles. The number of aromatic nitrogens is 2. The van der Waals surface area contributed by atoms with E-state index in [1.54, 1.807) is 0 Å². The standard InChI is InChI=1S/C20H16F3N3O3/c21-20(22,23)29-15-9-4-8-14(12-15)19(27)26-11-5-10-16(26)18-25-24-17(28-18)13-6-2-1-3-7-13/h1-4,6-9,12,16H,5,10-11H2. The van der Waals surface area contributed by atoms with E-state index < -0.39 is 24.1 Å². The second kappa shape index (κ2) is 7.57. The van der Waals surface area contributed by atoms with Crippen LogP contribution in [0.1, 0.15) is 35.1 Å². The second-order valence-corrected chi connectivity index (χ2v) is 6.54. The van der Waals surface area contributed by atoms with Crippen molar-refractivity contribution >= 4 is 5.91 Å². The molecular weight excluding hydrogens is 387 g/mol. The first-order valence-corrected chi connectivity index (χ1v) is 8.96. The Morgan fingerprint density at radius 3 is 2.66 bits per heavy atom. The van der Waals surface area contributed by atoms with Crippen LogP contribution in [0.4, 0.5) is 13.2 Å². The average molecular weight is 403 g/mol. The maximum absolute atomic E-state index is 12.9. The minimum absolute atomic E-state index is 0.0986. The van der Waals surface area contributed by atoms with Crippen LogP contribution in [-0.4, -0.2) is 33.9 Å². The predicted octanol–water partition coefficient (Wildman–Crippen LogP) is 4.61. The normalized spacial score (nSPS) is 16.8. The fourth-order valence-corrected chi connectivity index (χ4v) is 3.33. The van der Waals surface area contributed by atoms with Crippen LogP contribution in [0.5, 0.6) is 5.75 Å². The largest absolute Gasteiger partial charge is 0.573 e. The highest BCUT2D eigenvalue weighted by molar-refractivity contribution is 5.95. The molecule has 1 saturated heterocycles. The van der Waals surface area contributed by atoms with Crippen molar-refractivity contribution in [3.8, 4) is 17.2 Å². The van der Waals surface area contributed by atoms with E-state index in [0.717, 1.165) is 24.1 Å². The molecule has 1 aliphatic rings. The number of benzene rings is 2. The molecule has 2 heterocycles. The summed E-state index contributed by atoms with van der Waals surface area (Å²) in [5.41, 5.74) is 0.862. The number of ether oxygens (including phenoxy) is 1. The SMILES string of the molecule is O=C(c1cccc(OC(F)(F)F)c1)N1CCCC1c1nnc(-c2ccccc2)o1. The fraction of sp³-hybridized carbons (Fsp3) is 0.250. The Morgan fingerprint density at radius 1 is 1.10 bits per heavy atom. The molecule has 0 N–H and O–H groups in total. The summed E-state index contributed by atoms with van der Waals surface area (Å²) < 4.78 is 47.0.